The van der Waals surface area contributed by atoms with Gasteiger partial charge in [-0.25, -0.2) is 4.79 Å². The van der Waals surface area contributed by atoms with Crippen LogP contribution in [0.2, 0.25) is 0 Å². The van der Waals surface area contributed by atoms with E-state index in [4.69, 9.17) is 5.11 Å². The maximum atomic E-state index is 12.2. The molecule has 2 rings (SSSR count). The number of aromatic nitrogens is 1. The maximum absolute atomic E-state index is 12.2. The number of aliphatic hydroxyl groups is 1. The number of anilines is 1. The van der Waals surface area contributed by atoms with Gasteiger partial charge in [0.2, 0.25) is 0 Å². The van der Waals surface area contributed by atoms with E-state index in [2.05, 4.69) is 15.6 Å². The first kappa shape index (κ1) is 16.2. The first-order valence-electron chi connectivity index (χ1n) is 7.55. The highest BCUT2D eigenvalue weighted by molar-refractivity contribution is 6.00. The molecule has 1 atom stereocenters. The van der Waals surface area contributed by atoms with Gasteiger partial charge in [-0.05, 0) is 43.0 Å². The molecule has 0 saturated heterocycles. The van der Waals surface area contributed by atoms with Crippen molar-refractivity contribution in [2.75, 3.05) is 11.9 Å². The normalized spacial score (nSPS) is 12.4. The van der Waals surface area contributed by atoms with Crippen LogP contribution in [0.25, 0.3) is 10.9 Å². The molecule has 1 heterocycles. The van der Waals surface area contributed by atoms with Crippen LogP contribution in [0.4, 0.5) is 10.5 Å². The third-order valence-corrected chi connectivity index (χ3v) is 3.66. The molecule has 5 heteroatoms. The summed E-state index contributed by atoms with van der Waals surface area (Å²) in [6.45, 7) is 6.07. The van der Waals surface area contributed by atoms with E-state index < -0.39 is 0 Å². The second-order valence-corrected chi connectivity index (χ2v) is 5.85. The minimum atomic E-state index is -0.273. The van der Waals surface area contributed by atoms with Crippen molar-refractivity contribution in [1.29, 1.82) is 0 Å². The first-order valence-corrected chi connectivity index (χ1v) is 7.55. The number of pyridine rings is 1. The predicted molar refractivity (Wildman–Crippen MR) is 89.0 cm³/mol. The van der Waals surface area contributed by atoms with Crippen LogP contribution in [0.15, 0.2) is 30.5 Å². The molecular weight excluding hydrogens is 278 g/mol. The van der Waals surface area contributed by atoms with Crippen LogP contribution in [-0.2, 0) is 0 Å². The molecule has 0 saturated carbocycles. The maximum Gasteiger partial charge on any atom is 0.319 e. The van der Waals surface area contributed by atoms with E-state index in [0.29, 0.717) is 12.1 Å². The van der Waals surface area contributed by atoms with Gasteiger partial charge in [0.25, 0.3) is 0 Å². The molecule has 0 aliphatic rings. The molecule has 3 N–H and O–H groups in total. The Kier molecular flexibility index (Phi) is 5.33. The summed E-state index contributed by atoms with van der Waals surface area (Å²) in [5.41, 5.74) is 2.53. The zero-order valence-corrected chi connectivity index (χ0v) is 13.3. The van der Waals surface area contributed by atoms with E-state index in [9.17, 15) is 4.79 Å². The van der Waals surface area contributed by atoms with Gasteiger partial charge in [0.15, 0.2) is 0 Å². The van der Waals surface area contributed by atoms with E-state index in [0.717, 1.165) is 16.5 Å². The molecule has 0 bridgehead atoms. The summed E-state index contributed by atoms with van der Waals surface area (Å²) in [7, 11) is 0. The second kappa shape index (κ2) is 7.22. The Balaban J connectivity index is 2.18. The fraction of sp³-hybridized carbons (Fsp3) is 0.412. The minimum Gasteiger partial charge on any atom is -0.396 e. The van der Waals surface area contributed by atoms with Gasteiger partial charge in [-0.3, -0.25) is 4.98 Å². The quantitative estimate of drug-likeness (QED) is 0.794. The van der Waals surface area contributed by atoms with Crippen LogP contribution in [0.5, 0.6) is 0 Å². The van der Waals surface area contributed by atoms with Crippen molar-refractivity contribution < 1.29 is 9.90 Å². The third kappa shape index (κ3) is 3.95. The number of carbonyl (C=O) groups excluding carboxylic acids is 1. The van der Waals surface area contributed by atoms with Crippen LogP contribution < -0.4 is 10.6 Å². The molecule has 118 valence electrons. The average molecular weight is 301 g/mol. The lowest BCUT2D eigenvalue weighted by atomic mass is 10.0. The molecule has 22 heavy (non-hydrogen) atoms. The SMILES string of the molecule is Cc1cc(NC(=O)NC(CCO)C(C)C)c2ncccc2c1. The summed E-state index contributed by atoms with van der Waals surface area (Å²) >= 11 is 0. The molecule has 2 amide bonds. The number of benzene rings is 1. The lowest BCUT2D eigenvalue weighted by molar-refractivity contribution is 0.227. The van der Waals surface area contributed by atoms with Gasteiger partial charge < -0.3 is 15.7 Å². The Morgan fingerprint density at radius 2 is 2.14 bits per heavy atom. The van der Waals surface area contributed by atoms with E-state index in [1.807, 2.05) is 45.0 Å². The molecular formula is C17H23N3O2. The summed E-state index contributed by atoms with van der Waals surface area (Å²) in [6.07, 6.45) is 2.25. The Hall–Kier alpha value is -2.14. The minimum absolute atomic E-state index is 0.0536. The van der Waals surface area contributed by atoms with Crippen molar-refractivity contribution >= 4 is 22.6 Å². The highest BCUT2D eigenvalue weighted by atomic mass is 16.3. The summed E-state index contributed by atoms with van der Waals surface area (Å²) in [6, 6.07) is 7.46. The largest absolute Gasteiger partial charge is 0.396 e. The number of carbonyl (C=O) groups is 1. The van der Waals surface area contributed by atoms with E-state index >= 15 is 0 Å². The van der Waals surface area contributed by atoms with Crippen molar-refractivity contribution in [3.05, 3.63) is 36.0 Å². The fourth-order valence-corrected chi connectivity index (χ4v) is 2.48. The number of nitrogens with zero attached hydrogens (tertiary/aromatic N) is 1. The molecule has 0 aliphatic heterocycles. The average Bonchev–Trinajstić information content (AvgIpc) is 2.46. The number of urea groups is 1. The number of nitrogens with one attached hydrogen (secondary N) is 2. The number of hydrogen-bond acceptors (Lipinski definition) is 3. The van der Waals surface area contributed by atoms with Gasteiger partial charge in [0.05, 0.1) is 11.2 Å². The highest BCUT2D eigenvalue weighted by Gasteiger charge is 2.16. The van der Waals surface area contributed by atoms with Crippen molar-refractivity contribution in [3.8, 4) is 0 Å². The number of aryl methyl sites for hydroxylation is 1. The number of amides is 2. The number of aliphatic hydroxyl groups excluding tert-OH is 1. The molecule has 1 unspecified atom stereocenters. The van der Waals surface area contributed by atoms with Crippen molar-refractivity contribution in [2.24, 2.45) is 5.92 Å². The lowest BCUT2D eigenvalue weighted by Crippen LogP contribution is -2.41. The van der Waals surface area contributed by atoms with Crippen LogP contribution in [0.3, 0.4) is 0 Å². The number of rotatable bonds is 5. The molecule has 0 spiro atoms. The third-order valence-electron chi connectivity index (χ3n) is 3.66. The smallest absolute Gasteiger partial charge is 0.319 e. The first-order chi connectivity index (χ1) is 10.5. The van der Waals surface area contributed by atoms with E-state index in [1.54, 1.807) is 6.20 Å². The Bertz CT molecular complexity index is 655. The topological polar surface area (TPSA) is 74.2 Å². The summed E-state index contributed by atoms with van der Waals surface area (Å²) in [5.74, 6) is 0.255. The molecule has 5 nitrogen and oxygen atoms in total. The fourth-order valence-electron chi connectivity index (χ4n) is 2.48. The second-order valence-electron chi connectivity index (χ2n) is 5.85. The summed E-state index contributed by atoms with van der Waals surface area (Å²) in [4.78, 5) is 16.6. The van der Waals surface area contributed by atoms with Gasteiger partial charge in [-0.2, -0.15) is 0 Å². The van der Waals surface area contributed by atoms with E-state index in [1.165, 1.54) is 0 Å². The highest BCUT2D eigenvalue weighted by Crippen LogP contribution is 2.23. The van der Waals surface area contributed by atoms with Crippen molar-refractivity contribution in [3.63, 3.8) is 0 Å². The Morgan fingerprint density at radius 3 is 2.82 bits per heavy atom. The van der Waals surface area contributed by atoms with Crippen LogP contribution in [0.1, 0.15) is 25.8 Å². The Labute approximate surface area is 130 Å². The van der Waals surface area contributed by atoms with Gasteiger partial charge in [0.1, 0.15) is 0 Å². The van der Waals surface area contributed by atoms with Crippen molar-refractivity contribution in [1.82, 2.24) is 10.3 Å². The predicted octanol–water partition coefficient (Wildman–Crippen LogP) is 3.07. The molecule has 1 aromatic heterocycles. The van der Waals surface area contributed by atoms with Gasteiger partial charge >= 0.3 is 6.03 Å². The summed E-state index contributed by atoms with van der Waals surface area (Å²) < 4.78 is 0. The molecule has 2 aromatic rings. The van der Waals surface area contributed by atoms with Gasteiger partial charge in [-0.1, -0.05) is 19.9 Å². The van der Waals surface area contributed by atoms with E-state index in [-0.39, 0.29) is 24.6 Å². The molecule has 0 fully saturated rings. The van der Waals surface area contributed by atoms with Crippen molar-refractivity contribution in [2.45, 2.75) is 33.2 Å². The Morgan fingerprint density at radius 1 is 1.36 bits per heavy atom. The van der Waals surface area contributed by atoms with Gasteiger partial charge in [-0.15, -0.1) is 0 Å². The zero-order valence-electron chi connectivity index (χ0n) is 13.3. The molecule has 1 aromatic carbocycles. The van der Waals surface area contributed by atoms with Crippen LogP contribution in [-0.4, -0.2) is 28.8 Å². The number of fused-ring (bicyclic) bond motifs is 1. The van der Waals surface area contributed by atoms with Crippen LogP contribution >= 0.6 is 0 Å². The molecule has 0 aliphatic carbocycles. The summed E-state index contributed by atoms with van der Waals surface area (Å²) in [5, 5.41) is 15.9. The van der Waals surface area contributed by atoms with Gasteiger partial charge in [0, 0.05) is 24.2 Å². The number of hydrogen-bond donors (Lipinski definition) is 3. The molecule has 0 radical (unpaired) electrons. The zero-order chi connectivity index (χ0) is 16.1. The standard InChI is InChI=1S/C17H23N3O2/c1-11(2)14(6-8-21)19-17(22)20-15-10-12(3)9-13-5-4-7-18-16(13)15/h4-5,7,9-11,14,21H,6,8H2,1-3H3,(H2,19,20,22). The van der Waals surface area contributed by atoms with Crippen LogP contribution in [0, 0.1) is 12.8 Å². The lowest BCUT2D eigenvalue weighted by Gasteiger charge is -2.22. The monoisotopic (exact) mass is 301 g/mol.